The van der Waals surface area contributed by atoms with Gasteiger partial charge in [0.2, 0.25) is 11.8 Å². The highest BCUT2D eigenvalue weighted by molar-refractivity contribution is 5.84. The van der Waals surface area contributed by atoms with E-state index in [-0.39, 0.29) is 24.4 Å². The molecule has 1 aromatic heterocycles. The zero-order valence-electron chi connectivity index (χ0n) is 15.1. The van der Waals surface area contributed by atoms with Crippen LogP contribution in [-0.4, -0.2) is 39.2 Å². The van der Waals surface area contributed by atoms with Crippen molar-refractivity contribution in [3.63, 3.8) is 0 Å². The highest BCUT2D eigenvalue weighted by Gasteiger charge is 2.21. The molecule has 5 heteroatoms. The largest absolute Gasteiger partial charge is 0.334 e. The van der Waals surface area contributed by atoms with E-state index in [1.807, 2.05) is 56.3 Å². The molecule has 0 N–H and O–H groups in total. The first-order chi connectivity index (χ1) is 12.0. The Labute approximate surface area is 149 Å². The van der Waals surface area contributed by atoms with Crippen molar-refractivity contribution in [1.82, 2.24) is 14.8 Å². The molecule has 132 valence electrons. The van der Waals surface area contributed by atoms with Gasteiger partial charge in [0.1, 0.15) is 6.54 Å². The number of benzene rings is 1. The standard InChI is InChI=1S/C20H25N3O2/c1-16(2)23(14-18-7-5-4-6-8-18)20(25)15-22(17(3)24)13-19-9-11-21-12-10-19/h4-12,16H,13-15H2,1-3H3. The van der Waals surface area contributed by atoms with Crippen molar-refractivity contribution >= 4 is 11.8 Å². The summed E-state index contributed by atoms with van der Waals surface area (Å²) in [5, 5.41) is 0. The van der Waals surface area contributed by atoms with E-state index in [2.05, 4.69) is 4.98 Å². The van der Waals surface area contributed by atoms with Gasteiger partial charge in [-0.05, 0) is 37.1 Å². The van der Waals surface area contributed by atoms with Gasteiger partial charge in [0.25, 0.3) is 0 Å². The lowest BCUT2D eigenvalue weighted by molar-refractivity contribution is -0.141. The Balaban J connectivity index is 2.07. The van der Waals surface area contributed by atoms with Crippen LogP contribution in [0.15, 0.2) is 54.9 Å². The fraction of sp³-hybridized carbons (Fsp3) is 0.350. The summed E-state index contributed by atoms with van der Waals surface area (Å²) < 4.78 is 0. The molecule has 0 aliphatic carbocycles. The average molecular weight is 339 g/mol. The van der Waals surface area contributed by atoms with Gasteiger partial charge in [0.05, 0.1) is 0 Å². The summed E-state index contributed by atoms with van der Waals surface area (Å²) in [7, 11) is 0. The summed E-state index contributed by atoms with van der Waals surface area (Å²) in [5.41, 5.74) is 2.03. The van der Waals surface area contributed by atoms with E-state index in [1.165, 1.54) is 6.92 Å². The minimum atomic E-state index is -0.117. The Bertz CT molecular complexity index is 687. The minimum Gasteiger partial charge on any atom is -0.334 e. The van der Waals surface area contributed by atoms with Gasteiger partial charge in [-0.3, -0.25) is 14.6 Å². The van der Waals surface area contributed by atoms with Crippen LogP contribution in [0.25, 0.3) is 0 Å². The first-order valence-corrected chi connectivity index (χ1v) is 8.45. The molecule has 0 unspecified atom stereocenters. The van der Waals surface area contributed by atoms with Crippen molar-refractivity contribution in [2.75, 3.05) is 6.54 Å². The number of hydrogen-bond donors (Lipinski definition) is 0. The Hall–Kier alpha value is -2.69. The molecular weight excluding hydrogens is 314 g/mol. The number of amides is 2. The molecule has 0 bridgehead atoms. The van der Waals surface area contributed by atoms with Gasteiger partial charge in [-0.25, -0.2) is 0 Å². The first kappa shape index (κ1) is 18.6. The van der Waals surface area contributed by atoms with Crippen LogP contribution in [-0.2, 0) is 22.7 Å². The molecule has 0 spiro atoms. The van der Waals surface area contributed by atoms with Crippen LogP contribution in [0.4, 0.5) is 0 Å². The molecule has 0 aliphatic rings. The quantitative estimate of drug-likeness (QED) is 0.779. The predicted molar refractivity (Wildman–Crippen MR) is 97.5 cm³/mol. The molecular formula is C20H25N3O2. The molecule has 0 saturated carbocycles. The number of pyridine rings is 1. The van der Waals surface area contributed by atoms with Crippen molar-refractivity contribution in [1.29, 1.82) is 0 Å². The summed E-state index contributed by atoms with van der Waals surface area (Å²) in [4.78, 5) is 32.1. The monoisotopic (exact) mass is 339 g/mol. The van der Waals surface area contributed by atoms with Gasteiger partial charge < -0.3 is 9.80 Å². The summed E-state index contributed by atoms with van der Waals surface area (Å²) in [6.45, 7) is 6.48. The number of nitrogens with zero attached hydrogens (tertiary/aromatic N) is 3. The van der Waals surface area contributed by atoms with Crippen LogP contribution < -0.4 is 0 Å². The maximum atomic E-state index is 12.8. The second kappa shape index (κ2) is 8.97. The zero-order chi connectivity index (χ0) is 18.2. The van der Waals surface area contributed by atoms with Crippen molar-refractivity contribution in [3.8, 4) is 0 Å². The van der Waals surface area contributed by atoms with Crippen molar-refractivity contribution in [2.45, 2.75) is 39.9 Å². The van der Waals surface area contributed by atoms with Crippen LogP contribution in [0.3, 0.4) is 0 Å². The van der Waals surface area contributed by atoms with Crippen molar-refractivity contribution in [2.24, 2.45) is 0 Å². The van der Waals surface area contributed by atoms with Gasteiger partial charge in [0, 0.05) is 38.4 Å². The van der Waals surface area contributed by atoms with E-state index in [0.29, 0.717) is 13.1 Å². The second-order valence-corrected chi connectivity index (χ2v) is 6.33. The molecule has 5 nitrogen and oxygen atoms in total. The van der Waals surface area contributed by atoms with Crippen molar-refractivity contribution < 1.29 is 9.59 Å². The molecule has 2 rings (SSSR count). The SMILES string of the molecule is CC(=O)N(CC(=O)N(Cc1ccccc1)C(C)C)Cc1ccncc1. The topological polar surface area (TPSA) is 53.5 Å². The Morgan fingerprint density at radius 3 is 2.12 bits per heavy atom. The van der Waals surface area contributed by atoms with E-state index in [9.17, 15) is 9.59 Å². The normalized spacial score (nSPS) is 10.6. The summed E-state index contributed by atoms with van der Waals surface area (Å²) >= 11 is 0. The van der Waals surface area contributed by atoms with E-state index in [4.69, 9.17) is 0 Å². The van der Waals surface area contributed by atoms with Gasteiger partial charge in [-0.1, -0.05) is 30.3 Å². The fourth-order valence-corrected chi connectivity index (χ4v) is 2.58. The number of carbonyl (C=O) groups excluding carboxylic acids is 2. The predicted octanol–water partition coefficient (Wildman–Crippen LogP) is 2.87. The first-order valence-electron chi connectivity index (χ1n) is 8.45. The van der Waals surface area contributed by atoms with E-state index in [1.54, 1.807) is 22.2 Å². The molecule has 0 fully saturated rings. The van der Waals surface area contributed by atoms with Gasteiger partial charge in [-0.2, -0.15) is 0 Å². The lowest BCUT2D eigenvalue weighted by Crippen LogP contribution is -2.44. The minimum absolute atomic E-state index is 0.0527. The third kappa shape index (κ3) is 5.71. The maximum Gasteiger partial charge on any atom is 0.242 e. The second-order valence-electron chi connectivity index (χ2n) is 6.33. The third-order valence-corrected chi connectivity index (χ3v) is 4.03. The molecule has 2 aromatic rings. The number of carbonyl (C=O) groups is 2. The smallest absolute Gasteiger partial charge is 0.242 e. The van der Waals surface area contributed by atoms with Crippen LogP contribution in [0, 0.1) is 0 Å². The molecule has 25 heavy (non-hydrogen) atoms. The van der Waals surface area contributed by atoms with Gasteiger partial charge >= 0.3 is 0 Å². The molecule has 0 atom stereocenters. The highest BCUT2D eigenvalue weighted by Crippen LogP contribution is 2.11. The molecule has 0 aliphatic heterocycles. The summed E-state index contributed by atoms with van der Waals surface area (Å²) in [6, 6.07) is 13.6. The number of hydrogen-bond acceptors (Lipinski definition) is 3. The lowest BCUT2D eigenvalue weighted by atomic mass is 10.2. The van der Waals surface area contributed by atoms with E-state index < -0.39 is 0 Å². The van der Waals surface area contributed by atoms with Gasteiger partial charge in [0.15, 0.2) is 0 Å². The Morgan fingerprint density at radius 2 is 1.56 bits per heavy atom. The lowest BCUT2D eigenvalue weighted by Gasteiger charge is -2.30. The molecule has 1 aromatic carbocycles. The summed E-state index contributed by atoms with van der Waals surface area (Å²) in [6.07, 6.45) is 3.37. The van der Waals surface area contributed by atoms with Crippen molar-refractivity contribution in [3.05, 3.63) is 66.0 Å². The van der Waals surface area contributed by atoms with Crippen LogP contribution >= 0.6 is 0 Å². The maximum absolute atomic E-state index is 12.8. The third-order valence-electron chi connectivity index (χ3n) is 4.03. The highest BCUT2D eigenvalue weighted by atomic mass is 16.2. The average Bonchev–Trinajstić information content (AvgIpc) is 2.60. The zero-order valence-corrected chi connectivity index (χ0v) is 15.1. The Morgan fingerprint density at radius 1 is 0.960 bits per heavy atom. The summed E-state index contributed by atoms with van der Waals surface area (Å²) in [5.74, 6) is -0.170. The van der Waals surface area contributed by atoms with Crippen LogP contribution in [0.5, 0.6) is 0 Å². The molecule has 0 radical (unpaired) electrons. The van der Waals surface area contributed by atoms with E-state index in [0.717, 1.165) is 11.1 Å². The molecule has 0 saturated heterocycles. The molecule has 2 amide bonds. The van der Waals surface area contributed by atoms with Crippen LogP contribution in [0.2, 0.25) is 0 Å². The van der Waals surface area contributed by atoms with Gasteiger partial charge in [-0.15, -0.1) is 0 Å². The van der Waals surface area contributed by atoms with E-state index >= 15 is 0 Å². The Kier molecular flexibility index (Phi) is 6.69. The molecule has 1 heterocycles. The number of rotatable bonds is 7. The van der Waals surface area contributed by atoms with Crippen LogP contribution in [0.1, 0.15) is 31.9 Å². The number of aromatic nitrogens is 1. The fourth-order valence-electron chi connectivity index (χ4n) is 2.58.